The number of hydrogen-bond donors (Lipinski definition) is 2. The standard InChI is InChI=1S/C25H27Br4N3O8/c1-13(33)30-7-5-15-9-16(26)22(17(27)10-15)37-8-4-6-31-24(35)20-23(39-14(2)34)25(40-32-20)11-18(28)21(36-3)19(29)12-38-25/h9-10,12,23H,4-8,11H2,1-3H3,(H,30,33)(H,31,35)/t23-,25-/m0/s1. The molecule has 1 aromatic rings. The Balaban J connectivity index is 1.56. The largest absolute Gasteiger partial charge is 0.495 e. The van der Waals surface area contributed by atoms with E-state index in [2.05, 4.69) is 79.5 Å². The number of halogens is 4. The third kappa shape index (κ3) is 8.23. The predicted molar refractivity (Wildman–Crippen MR) is 160 cm³/mol. The molecule has 40 heavy (non-hydrogen) atoms. The Morgan fingerprint density at radius 2 is 1.80 bits per heavy atom. The fraction of sp³-hybridized carbons (Fsp3) is 0.440. The number of esters is 1. The first-order valence-electron chi connectivity index (χ1n) is 12.0. The number of amides is 2. The quantitative estimate of drug-likeness (QED) is 0.243. The van der Waals surface area contributed by atoms with Crippen molar-refractivity contribution in [3.8, 4) is 5.75 Å². The molecule has 0 fully saturated rings. The molecule has 2 atom stereocenters. The van der Waals surface area contributed by atoms with E-state index in [1.165, 1.54) is 27.2 Å². The third-order valence-corrected chi connectivity index (χ3v) is 7.96. The maximum atomic E-state index is 13.0. The number of nitrogens with zero attached hydrogens (tertiary/aromatic N) is 1. The molecular formula is C25H27Br4N3O8. The van der Waals surface area contributed by atoms with Crippen molar-refractivity contribution in [2.24, 2.45) is 5.16 Å². The smallest absolute Gasteiger partial charge is 0.322 e. The van der Waals surface area contributed by atoms with E-state index in [1.807, 2.05) is 12.1 Å². The van der Waals surface area contributed by atoms with Gasteiger partial charge in [-0.2, -0.15) is 0 Å². The van der Waals surface area contributed by atoms with Gasteiger partial charge in [0.1, 0.15) is 17.8 Å². The molecule has 2 heterocycles. The monoisotopic (exact) mass is 813 g/mol. The second-order valence-electron chi connectivity index (χ2n) is 8.65. The Morgan fingerprint density at radius 3 is 2.42 bits per heavy atom. The van der Waals surface area contributed by atoms with Gasteiger partial charge in [-0.15, -0.1) is 0 Å². The maximum Gasteiger partial charge on any atom is 0.322 e. The van der Waals surface area contributed by atoms with Crippen molar-refractivity contribution in [1.29, 1.82) is 0 Å². The first kappa shape index (κ1) is 32.4. The minimum Gasteiger partial charge on any atom is -0.495 e. The highest BCUT2D eigenvalue weighted by Gasteiger charge is 2.57. The molecule has 0 bridgehead atoms. The van der Waals surface area contributed by atoms with Crippen molar-refractivity contribution in [3.63, 3.8) is 0 Å². The van der Waals surface area contributed by atoms with Crippen LogP contribution in [0.5, 0.6) is 5.75 Å². The number of benzene rings is 1. The number of carbonyl (C=O) groups is 3. The fourth-order valence-corrected chi connectivity index (χ4v) is 6.85. The zero-order chi connectivity index (χ0) is 29.4. The summed E-state index contributed by atoms with van der Waals surface area (Å²) >= 11 is 13.8. The van der Waals surface area contributed by atoms with E-state index in [4.69, 9.17) is 23.8 Å². The molecule has 2 aliphatic rings. The van der Waals surface area contributed by atoms with Crippen molar-refractivity contribution in [2.45, 2.75) is 45.0 Å². The van der Waals surface area contributed by atoms with Crippen LogP contribution in [0.25, 0.3) is 0 Å². The molecule has 218 valence electrons. The van der Waals surface area contributed by atoms with Gasteiger partial charge in [0.25, 0.3) is 5.91 Å². The Morgan fingerprint density at radius 1 is 1.10 bits per heavy atom. The number of nitrogens with one attached hydrogen (secondary N) is 2. The molecule has 1 spiro atoms. The molecule has 2 N–H and O–H groups in total. The van der Waals surface area contributed by atoms with Crippen LogP contribution in [-0.4, -0.2) is 62.2 Å². The van der Waals surface area contributed by atoms with Crippen LogP contribution in [0.2, 0.25) is 0 Å². The predicted octanol–water partition coefficient (Wildman–Crippen LogP) is 4.70. The van der Waals surface area contributed by atoms with E-state index in [9.17, 15) is 14.4 Å². The van der Waals surface area contributed by atoms with Crippen LogP contribution in [0.4, 0.5) is 0 Å². The summed E-state index contributed by atoms with van der Waals surface area (Å²) in [6.07, 6.45) is 1.29. The molecule has 0 saturated heterocycles. The summed E-state index contributed by atoms with van der Waals surface area (Å²) < 4.78 is 25.1. The van der Waals surface area contributed by atoms with Crippen LogP contribution in [0.1, 0.15) is 32.3 Å². The van der Waals surface area contributed by atoms with Gasteiger partial charge < -0.3 is 34.4 Å². The van der Waals surface area contributed by atoms with Gasteiger partial charge in [-0.25, -0.2) is 0 Å². The van der Waals surface area contributed by atoms with Crippen LogP contribution in [0.15, 0.2) is 47.2 Å². The first-order valence-corrected chi connectivity index (χ1v) is 15.2. The van der Waals surface area contributed by atoms with Crippen LogP contribution in [0.3, 0.4) is 0 Å². The molecule has 2 aliphatic heterocycles. The lowest BCUT2D eigenvalue weighted by molar-refractivity contribution is -0.232. The zero-order valence-electron chi connectivity index (χ0n) is 21.8. The van der Waals surface area contributed by atoms with E-state index in [0.717, 1.165) is 14.5 Å². The second-order valence-corrected chi connectivity index (χ2v) is 12.2. The van der Waals surface area contributed by atoms with E-state index in [1.54, 1.807) is 0 Å². The average molecular weight is 817 g/mol. The molecule has 15 heteroatoms. The van der Waals surface area contributed by atoms with Gasteiger partial charge in [-0.05, 0) is 78.3 Å². The van der Waals surface area contributed by atoms with Gasteiger partial charge in [-0.3, -0.25) is 14.4 Å². The number of carbonyl (C=O) groups excluding carboxylic acids is 3. The van der Waals surface area contributed by atoms with E-state index >= 15 is 0 Å². The molecule has 0 unspecified atom stereocenters. The summed E-state index contributed by atoms with van der Waals surface area (Å²) in [5.74, 6) is -1.81. The second kappa shape index (κ2) is 14.7. The Kier molecular flexibility index (Phi) is 11.9. The summed E-state index contributed by atoms with van der Waals surface area (Å²) in [5, 5.41) is 9.44. The summed E-state index contributed by atoms with van der Waals surface area (Å²) in [6.45, 7) is 3.80. The summed E-state index contributed by atoms with van der Waals surface area (Å²) in [5.41, 5.74) is 0.885. The Bertz CT molecular complexity index is 1230. The van der Waals surface area contributed by atoms with Crippen molar-refractivity contribution >= 4 is 87.2 Å². The van der Waals surface area contributed by atoms with Crippen LogP contribution in [-0.2, 0) is 39.9 Å². The van der Waals surface area contributed by atoms with Crippen molar-refractivity contribution in [1.82, 2.24) is 10.6 Å². The third-order valence-electron chi connectivity index (χ3n) is 5.59. The van der Waals surface area contributed by atoms with Gasteiger partial charge in [0.2, 0.25) is 12.0 Å². The molecule has 0 radical (unpaired) electrons. The number of allylic oxidation sites excluding steroid dienone is 1. The van der Waals surface area contributed by atoms with E-state index in [-0.39, 0.29) is 24.6 Å². The Labute approximate surface area is 264 Å². The first-order chi connectivity index (χ1) is 19.0. The number of oxime groups is 1. The molecule has 2 amide bonds. The lowest BCUT2D eigenvalue weighted by Gasteiger charge is -2.30. The SMILES string of the molecule is COC1=C(Br)C[C@]2(OC=C1Br)ON=C(C(=O)NCCCOc1c(Br)cc(CCNC(C)=O)cc1Br)[C@@H]2OC(C)=O. The number of hydrogen-bond acceptors (Lipinski definition) is 9. The molecule has 0 aliphatic carbocycles. The Hall–Kier alpha value is -2.10. The highest BCUT2D eigenvalue weighted by molar-refractivity contribution is 9.12. The van der Waals surface area contributed by atoms with Gasteiger partial charge >= 0.3 is 11.8 Å². The molecule has 1 aromatic carbocycles. The summed E-state index contributed by atoms with van der Waals surface area (Å²) in [7, 11) is 1.49. The van der Waals surface area contributed by atoms with Gasteiger partial charge in [-0.1, -0.05) is 21.1 Å². The van der Waals surface area contributed by atoms with E-state index < -0.39 is 23.8 Å². The lowest BCUT2D eigenvalue weighted by atomic mass is 10.0. The van der Waals surface area contributed by atoms with E-state index in [0.29, 0.717) is 46.5 Å². The minimum atomic E-state index is -1.60. The van der Waals surface area contributed by atoms with Crippen LogP contribution < -0.4 is 15.4 Å². The van der Waals surface area contributed by atoms with Gasteiger partial charge in [0, 0.05) is 31.4 Å². The number of rotatable bonds is 11. The van der Waals surface area contributed by atoms with Gasteiger partial charge in [0.15, 0.2) is 5.71 Å². The lowest BCUT2D eigenvalue weighted by Crippen LogP contribution is -2.51. The van der Waals surface area contributed by atoms with Crippen molar-refractivity contribution in [3.05, 3.63) is 47.6 Å². The fourth-order valence-electron chi connectivity index (χ4n) is 3.81. The molecule has 11 nitrogen and oxygen atoms in total. The highest BCUT2D eigenvalue weighted by atomic mass is 79.9. The average Bonchev–Trinajstić information content (AvgIpc) is 3.14. The topological polar surface area (TPSA) is 134 Å². The minimum absolute atomic E-state index is 0.0453. The zero-order valence-corrected chi connectivity index (χ0v) is 28.1. The maximum absolute atomic E-state index is 13.0. The van der Waals surface area contributed by atoms with Crippen LogP contribution >= 0.6 is 63.7 Å². The van der Waals surface area contributed by atoms with Gasteiger partial charge in [0.05, 0.1) is 33.6 Å². The highest BCUT2D eigenvalue weighted by Crippen LogP contribution is 2.42. The van der Waals surface area contributed by atoms with Crippen molar-refractivity contribution < 1.29 is 38.2 Å². The number of methoxy groups -OCH3 is 1. The normalized spacial score (nSPS) is 20.0. The summed E-state index contributed by atoms with van der Waals surface area (Å²) in [4.78, 5) is 41.5. The number of ether oxygens (including phenoxy) is 4. The molecule has 3 rings (SSSR count). The summed E-state index contributed by atoms with van der Waals surface area (Å²) in [6, 6.07) is 3.86. The van der Waals surface area contributed by atoms with Crippen LogP contribution in [0, 0.1) is 0 Å². The molecule has 0 saturated carbocycles. The molecular weight excluding hydrogens is 790 g/mol. The molecule has 0 aromatic heterocycles. The van der Waals surface area contributed by atoms with Crippen molar-refractivity contribution in [2.75, 3.05) is 26.8 Å².